The number of aliphatic hydroxyl groups is 1. The number of benzene rings is 2. The lowest BCUT2D eigenvalue weighted by Crippen LogP contribution is -2.69. The van der Waals surface area contributed by atoms with Gasteiger partial charge in [0.2, 0.25) is 5.66 Å². The topological polar surface area (TPSA) is 95.7 Å². The molecule has 1 unspecified atom stereocenters. The molecular formula is C18H16F3N3O4. The van der Waals surface area contributed by atoms with Gasteiger partial charge in [-0.25, -0.2) is 0 Å². The molecule has 1 aliphatic rings. The van der Waals surface area contributed by atoms with Crippen molar-refractivity contribution >= 4 is 17.3 Å². The number of nitrogens with one attached hydrogen (secondary N) is 1. The molecule has 0 saturated heterocycles. The van der Waals surface area contributed by atoms with Crippen molar-refractivity contribution in [3.63, 3.8) is 0 Å². The summed E-state index contributed by atoms with van der Waals surface area (Å²) >= 11 is 0. The number of non-ortho nitro benzene ring substituents is 1. The van der Waals surface area contributed by atoms with Crippen LogP contribution in [0.5, 0.6) is 0 Å². The lowest BCUT2D eigenvalue weighted by Gasteiger charge is -2.48. The first-order valence-electron chi connectivity index (χ1n) is 8.30. The summed E-state index contributed by atoms with van der Waals surface area (Å²) in [6.07, 6.45) is -5.68. The molecule has 1 atom stereocenters. The van der Waals surface area contributed by atoms with E-state index in [0.717, 1.165) is 18.2 Å². The zero-order valence-corrected chi connectivity index (χ0v) is 14.4. The largest absolute Gasteiger partial charge is 0.430 e. The molecule has 1 aliphatic heterocycles. The lowest BCUT2D eigenvalue weighted by molar-refractivity contribution is -0.385. The van der Waals surface area contributed by atoms with Crippen molar-refractivity contribution < 1.29 is 28.0 Å². The van der Waals surface area contributed by atoms with Crippen molar-refractivity contribution in [3.05, 3.63) is 69.8 Å². The summed E-state index contributed by atoms with van der Waals surface area (Å²) in [5.74, 6) is -0.967. The van der Waals surface area contributed by atoms with E-state index in [9.17, 15) is 33.2 Å². The number of alkyl halides is 3. The molecule has 2 aromatic carbocycles. The van der Waals surface area contributed by atoms with E-state index < -0.39 is 47.9 Å². The molecule has 2 N–H and O–H groups in total. The van der Waals surface area contributed by atoms with Crippen LogP contribution in [-0.4, -0.2) is 45.8 Å². The maximum absolute atomic E-state index is 14.3. The summed E-state index contributed by atoms with van der Waals surface area (Å²) in [5.41, 5.74) is -3.30. The van der Waals surface area contributed by atoms with E-state index in [1.54, 1.807) is 6.07 Å². The van der Waals surface area contributed by atoms with Crippen LogP contribution in [0, 0.1) is 10.1 Å². The number of para-hydroxylation sites is 1. The summed E-state index contributed by atoms with van der Waals surface area (Å²) in [7, 11) is 0. The molecule has 28 heavy (non-hydrogen) atoms. The number of anilines is 1. The Kier molecular flexibility index (Phi) is 4.99. The summed E-state index contributed by atoms with van der Waals surface area (Å²) in [5, 5.41) is 22.7. The molecule has 2 aromatic rings. The van der Waals surface area contributed by atoms with Gasteiger partial charge in [-0.2, -0.15) is 13.2 Å². The highest BCUT2D eigenvalue weighted by Crippen LogP contribution is 2.43. The first-order valence-corrected chi connectivity index (χ1v) is 8.30. The van der Waals surface area contributed by atoms with Crippen LogP contribution < -0.4 is 5.32 Å². The van der Waals surface area contributed by atoms with Gasteiger partial charge >= 0.3 is 6.18 Å². The third-order valence-corrected chi connectivity index (χ3v) is 4.60. The molecular weight excluding hydrogens is 379 g/mol. The number of nitro groups is 1. The predicted octanol–water partition coefficient (Wildman–Crippen LogP) is 2.96. The summed E-state index contributed by atoms with van der Waals surface area (Å²) in [6.45, 7) is -1.24. The molecule has 10 heteroatoms. The Morgan fingerprint density at radius 3 is 2.46 bits per heavy atom. The van der Waals surface area contributed by atoms with E-state index in [4.69, 9.17) is 0 Å². The van der Waals surface area contributed by atoms with Gasteiger partial charge in [-0.15, -0.1) is 0 Å². The zero-order valence-electron chi connectivity index (χ0n) is 14.4. The molecule has 0 aromatic heterocycles. The van der Waals surface area contributed by atoms with Gasteiger partial charge in [0.25, 0.3) is 11.6 Å². The predicted molar refractivity (Wildman–Crippen MR) is 93.8 cm³/mol. The monoisotopic (exact) mass is 395 g/mol. The minimum Gasteiger partial charge on any atom is -0.395 e. The van der Waals surface area contributed by atoms with Gasteiger partial charge in [-0.05, 0) is 23.8 Å². The van der Waals surface area contributed by atoms with Gasteiger partial charge in [0.1, 0.15) is 0 Å². The van der Waals surface area contributed by atoms with Gasteiger partial charge in [-0.3, -0.25) is 14.9 Å². The molecule has 1 amide bonds. The van der Waals surface area contributed by atoms with Crippen LogP contribution >= 0.6 is 0 Å². The van der Waals surface area contributed by atoms with Crippen molar-refractivity contribution in [2.45, 2.75) is 18.3 Å². The molecule has 0 saturated carbocycles. The molecule has 1 heterocycles. The van der Waals surface area contributed by atoms with E-state index in [1.807, 2.05) is 0 Å². The molecule has 0 spiro atoms. The van der Waals surface area contributed by atoms with Crippen LogP contribution in [0.25, 0.3) is 0 Å². The fourth-order valence-electron chi connectivity index (χ4n) is 3.33. The number of carbonyl (C=O) groups excluding carboxylic acids is 1. The number of rotatable bonds is 5. The second-order valence-corrected chi connectivity index (χ2v) is 6.30. The van der Waals surface area contributed by atoms with E-state index >= 15 is 0 Å². The number of aliphatic hydroxyl groups excluding tert-OH is 1. The first kappa shape index (κ1) is 19.6. The van der Waals surface area contributed by atoms with E-state index in [-0.39, 0.29) is 16.8 Å². The summed E-state index contributed by atoms with van der Waals surface area (Å²) < 4.78 is 42.9. The van der Waals surface area contributed by atoms with Crippen LogP contribution in [0.2, 0.25) is 0 Å². The van der Waals surface area contributed by atoms with Crippen LogP contribution in [0.15, 0.2) is 48.5 Å². The van der Waals surface area contributed by atoms with Crippen molar-refractivity contribution in [2.75, 3.05) is 18.5 Å². The molecule has 3 rings (SSSR count). The number of fused-ring (bicyclic) bond motifs is 1. The third-order valence-electron chi connectivity index (χ3n) is 4.60. The number of amides is 1. The average Bonchev–Trinajstić information content (AvgIpc) is 2.64. The van der Waals surface area contributed by atoms with E-state index in [0.29, 0.717) is 4.90 Å². The maximum Gasteiger partial charge on any atom is 0.430 e. The van der Waals surface area contributed by atoms with Gasteiger partial charge in [-0.1, -0.05) is 18.2 Å². The number of nitrogens with zero attached hydrogens (tertiary/aromatic N) is 2. The number of β-amino-alcohol motifs (C(OH)–C–C–N with tert-alkyl or cyclic N) is 1. The van der Waals surface area contributed by atoms with E-state index in [2.05, 4.69) is 5.32 Å². The van der Waals surface area contributed by atoms with Crippen LogP contribution in [0.4, 0.5) is 24.5 Å². The second-order valence-electron chi connectivity index (χ2n) is 6.30. The van der Waals surface area contributed by atoms with Crippen molar-refractivity contribution in [2.24, 2.45) is 0 Å². The van der Waals surface area contributed by atoms with Crippen molar-refractivity contribution in [3.8, 4) is 0 Å². The number of hydrogen-bond donors (Lipinski definition) is 2. The first-order chi connectivity index (χ1) is 13.2. The SMILES string of the molecule is O=C1c2ccc([N+](=O)[O-])cc2CC(Nc2ccccc2)(C(F)(F)F)N1CCO. The highest BCUT2D eigenvalue weighted by atomic mass is 19.4. The zero-order chi connectivity index (χ0) is 20.5. The number of carbonyl (C=O) groups is 1. The van der Waals surface area contributed by atoms with Crippen LogP contribution in [0.3, 0.4) is 0 Å². The fourth-order valence-corrected chi connectivity index (χ4v) is 3.33. The molecule has 0 aliphatic carbocycles. The quantitative estimate of drug-likeness (QED) is 0.600. The Morgan fingerprint density at radius 1 is 1.21 bits per heavy atom. The molecule has 0 radical (unpaired) electrons. The normalized spacial score (nSPS) is 19.3. The van der Waals surface area contributed by atoms with Crippen molar-refractivity contribution in [1.82, 2.24) is 4.90 Å². The van der Waals surface area contributed by atoms with Gasteiger partial charge in [0.15, 0.2) is 0 Å². The minimum absolute atomic E-state index is 0.0613. The molecule has 0 fully saturated rings. The Bertz CT molecular complexity index is 905. The number of nitro benzene ring substituents is 1. The van der Waals surface area contributed by atoms with Gasteiger partial charge in [0, 0.05) is 36.3 Å². The third kappa shape index (κ3) is 3.26. The summed E-state index contributed by atoms with van der Waals surface area (Å²) in [6, 6.07) is 10.7. The second kappa shape index (κ2) is 7.12. The van der Waals surface area contributed by atoms with Crippen LogP contribution in [-0.2, 0) is 6.42 Å². The Hall–Kier alpha value is -3.14. The van der Waals surface area contributed by atoms with E-state index in [1.165, 1.54) is 24.3 Å². The molecule has 0 bridgehead atoms. The van der Waals surface area contributed by atoms with Crippen LogP contribution in [0.1, 0.15) is 15.9 Å². The maximum atomic E-state index is 14.3. The fraction of sp³-hybridized carbons (Fsp3) is 0.278. The number of halogens is 3. The summed E-state index contributed by atoms with van der Waals surface area (Å²) in [4.78, 5) is 23.7. The Balaban J connectivity index is 2.19. The van der Waals surface area contributed by atoms with Gasteiger partial charge in [0.05, 0.1) is 11.5 Å². The van der Waals surface area contributed by atoms with Crippen molar-refractivity contribution in [1.29, 1.82) is 0 Å². The average molecular weight is 395 g/mol. The highest BCUT2D eigenvalue weighted by molar-refractivity contribution is 5.98. The Morgan fingerprint density at radius 2 is 1.89 bits per heavy atom. The smallest absolute Gasteiger partial charge is 0.395 e. The standard InChI is InChI=1S/C18H16F3N3O4/c19-18(20,21)17(22-13-4-2-1-3-5-13)11-12-10-14(24(27)28)6-7-15(12)16(26)23(17)8-9-25/h1-7,10,22,25H,8-9,11H2. The molecule has 7 nitrogen and oxygen atoms in total. The molecule has 148 valence electrons. The Labute approximate surface area is 157 Å². The lowest BCUT2D eigenvalue weighted by atomic mass is 9.87. The minimum atomic E-state index is -4.93. The highest BCUT2D eigenvalue weighted by Gasteiger charge is 2.62. The number of hydrogen-bond acceptors (Lipinski definition) is 5. The van der Waals surface area contributed by atoms with Gasteiger partial charge < -0.3 is 15.3 Å².